The van der Waals surface area contributed by atoms with Gasteiger partial charge in [-0.25, -0.2) is 8.78 Å². The van der Waals surface area contributed by atoms with Crippen molar-refractivity contribution in [3.8, 4) is 11.1 Å². The highest BCUT2D eigenvalue weighted by Gasteiger charge is 2.30. The van der Waals surface area contributed by atoms with Crippen LogP contribution < -0.4 is 0 Å². The SMILES string of the molecule is C=CC1CCC(C2CCC(c3ccc(-c4ccc(CCCCC)c(F)c4F)cc3)CC2)CC1. The molecule has 4 rings (SSSR count). The Hall–Kier alpha value is -1.96. The second-order valence-electron chi connectivity index (χ2n) is 10.5. The fourth-order valence-corrected chi connectivity index (χ4v) is 6.28. The van der Waals surface area contributed by atoms with Crippen LogP contribution in [0.4, 0.5) is 8.78 Å². The van der Waals surface area contributed by atoms with Crippen LogP contribution in [0.25, 0.3) is 11.1 Å². The molecule has 2 aliphatic rings. The highest BCUT2D eigenvalue weighted by atomic mass is 19.2. The molecule has 0 unspecified atom stereocenters. The maximum atomic E-state index is 14.8. The lowest BCUT2D eigenvalue weighted by molar-refractivity contribution is 0.171. The maximum Gasteiger partial charge on any atom is 0.166 e. The number of unbranched alkanes of at least 4 members (excludes halogenated alkanes) is 2. The third-order valence-electron chi connectivity index (χ3n) is 8.49. The molecular formula is C31H40F2. The highest BCUT2D eigenvalue weighted by Crippen LogP contribution is 2.44. The van der Waals surface area contributed by atoms with Gasteiger partial charge in [0.05, 0.1) is 0 Å². The van der Waals surface area contributed by atoms with Gasteiger partial charge in [0.25, 0.3) is 0 Å². The monoisotopic (exact) mass is 450 g/mol. The second-order valence-corrected chi connectivity index (χ2v) is 10.5. The fourth-order valence-electron chi connectivity index (χ4n) is 6.28. The minimum absolute atomic E-state index is 0.372. The van der Waals surface area contributed by atoms with Crippen LogP contribution in [0.2, 0.25) is 0 Å². The Bertz CT molecular complexity index is 897. The summed E-state index contributed by atoms with van der Waals surface area (Å²) in [5.41, 5.74) is 2.99. The molecule has 0 saturated heterocycles. The summed E-state index contributed by atoms with van der Waals surface area (Å²) in [7, 11) is 0. The number of halogens is 2. The van der Waals surface area contributed by atoms with Crippen LogP contribution in [0.1, 0.15) is 94.6 Å². The van der Waals surface area contributed by atoms with Gasteiger partial charge in [-0.15, -0.1) is 6.58 Å². The summed E-state index contributed by atoms with van der Waals surface area (Å²) in [6, 6.07) is 11.8. The van der Waals surface area contributed by atoms with Crippen LogP contribution in [0.15, 0.2) is 49.1 Å². The molecule has 0 nitrogen and oxygen atoms in total. The summed E-state index contributed by atoms with van der Waals surface area (Å²) in [5.74, 6) is 1.76. The Balaban J connectivity index is 1.35. The molecule has 0 aromatic heterocycles. The van der Waals surface area contributed by atoms with E-state index in [0.29, 0.717) is 23.5 Å². The number of allylic oxidation sites excluding steroid dienone is 1. The summed E-state index contributed by atoms with van der Waals surface area (Å²) in [5, 5.41) is 0. The van der Waals surface area contributed by atoms with Crippen molar-refractivity contribution in [2.24, 2.45) is 17.8 Å². The quantitative estimate of drug-likeness (QED) is 0.277. The molecular weight excluding hydrogens is 410 g/mol. The first-order chi connectivity index (χ1) is 16.1. The summed E-state index contributed by atoms with van der Waals surface area (Å²) in [4.78, 5) is 0. The van der Waals surface area contributed by atoms with Crippen LogP contribution in [0.3, 0.4) is 0 Å². The van der Waals surface area contributed by atoms with Gasteiger partial charge in [0, 0.05) is 5.56 Å². The van der Waals surface area contributed by atoms with E-state index in [2.05, 4.69) is 31.7 Å². The van der Waals surface area contributed by atoms with E-state index < -0.39 is 11.6 Å². The van der Waals surface area contributed by atoms with Crippen molar-refractivity contribution >= 4 is 0 Å². The van der Waals surface area contributed by atoms with Gasteiger partial charge in [-0.2, -0.15) is 0 Å². The zero-order valence-electron chi connectivity index (χ0n) is 20.3. The molecule has 2 fully saturated rings. The van der Waals surface area contributed by atoms with E-state index in [1.165, 1.54) is 56.9 Å². The molecule has 2 aromatic carbocycles. The molecule has 2 saturated carbocycles. The number of benzene rings is 2. The Kier molecular flexibility index (Phi) is 8.39. The van der Waals surface area contributed by atoms with Crippen LogP contribution in [-0.2, 0) is 6.42 Å². The lowest BCUT2D eigenvalue weighted by Gasteiger charge is -2.37. The minimum Gasteiger partial charge on any atom is -0.203 e. The molecule has 0 amide bonds. The Morgan fingerprint density at radius 3 is 2.03 bits per heavy atom. The minimum atomic E-state index is -0.705. The third-order valence-corrected chi connectivity index (χ3v) is 8.49. The molecule has 178 valence electrons. The van der Waals surface area contributed by atoms with Gasteiger partial charge >= 0.3 is 0 Å². The molecule has 0 N–H and O–H groups in total. The smallest absolute Gasteiger partial charge is 0.166 e. The first-order valence-electron chi connectivity index (χ1n) is 13.3. The Morgan fingerprint density at radius 1 is 0.788 bits per heavy atom. The van der Waals surface area contributed by atoms with Crippen LogP contribution in [-0.4, -0.2) is 0 Å². The standard InChI is InChI=1S/C31H40F2/c1-3-5-6-7-28-20-21-29(31(33)30(28)32)27-18-16-26(17-19-27)25-14-12-24(13-15-25)23-10-8-22(4-2)9-11-23/h4,16-25H,2-3,5-15H2,1H3. The van der Waals surface area contributed by atoms with E-state index >= 15 is 0 Å². The first-order valence-corrected chi connectivity index (χ1v) is 13.3. The number of aryl methyl sites for hydroxylation is 1. The maximum absolute atomic E-state index is 14.8. The van der Waals surface area contributed by atoms with Crippen molar-refractivity contribution in [1.29, 1.82) is 0 Å². The largest absolute Gasteiger partial charge is 0.203 e. The van der Waals surface area contributed by atoms with E-state index in [1.54, 1.807) is 12.1 Å². The zero-order valence-corrected chi connectivity index (χ0v) is 20.3. The van der Waals surface area contributed by atoms with Gasteiger partial charge in [-0.3, -0.25) is 0 Å². The number of rotatable bonds is 8. The summed E-state index contributed by atoms with van der Waals surface area (Å²) in [6.45, 7) is 6.09. The molecule has 0 spiro atoms. The van der Waals surface area contributed by atoms with E-state index in [0.717, 1.165) is 42.6 Å². The van der Waals surface area contributed by atoms with Crippen LogP contribution in [0.5, 0.6) is 0 Å². The van der Waals surface area contributed by atoms with Crippen molar-refractivity contribution in [2.75, 3.05) is 0 Å². The highest BCUT2D eigenvalue weighted by molar-refractivity contribution is 5.65. The number of hydrogen-bond acceptors (Lipinski definition) is 0. The van der Waals surface area contributed by atoms with Gasteiger partial charge in [-0.05, 0) is 105 Å². The van der Waals surface area contributed by atoms with Crippen molar-refractivity contribution in [3.63, 3.8) is 0 Å². The molecule has 2 heteroatoms. The predicted octanol–water partition coefficient (Wildman–Crippen LogP) is 9.63. The van der Waals surface area contributed by atoms with Gasteiger partial charge in [0.1, 0.15) is 0 Å². The Morgan fingerprint density at radius 2 is 1.42 bits per heavy atom. The lowest BCUT2D eigenvalue weighted by atomic mass is 9.68. The van der Waals surface area contributed by atoms with E-state index in [4.69, 9.17) is 0 Å². The van der Waals surface area contributed by atoms with E-state index in [9.17, 15) is 8.78 Å². The predicted molar refractivity (Wildman–Crippen MR) is 135 cm³/mol. The first kappa shape index (κ1) is 24.2. The summed E-state index contributed by atoms with van der Waals surface area (Å²) in [6.07, 6.45) is 16.3. The van der Waals surface area contributed by atoms with Gasteiger partial charge < -0.3 is 0 Å². The van der Waals surface area contributed by atoms with Crippen molar-refractivity contribution in [2.45, 2.75) is 89.9 Å². The fraction of sp³-hybridized carbons (Fsp3) is 0.548. The normalized spacial score (nSPS) is 25.7. The molecule has 0 atom stereocenters. The van der Waals surface area contributed by atoms with Crippen molar-refractivity contribution < 1.29 is 8.78 Å². The van der Waals surface area contributed by atoms with E-state index in [-0.39, 0.29) is 0 Å². The van der Waals surface area contributed by atoms with Crippen LogP contribution >= 0.6 is 0 Å². The Labute approximate surface area is 199 Å². The van der Waals surface area contributed by atoms with Gasteiger partial charge in [0.15, 0.2) is 11.6 Å². The third kappa shape index (κ3) is 5.76. The molecule has 0 bridgehead atoms. The molecule has 33 heavy (non-hydrogen) atoms. The molecule has 0 radical (unpaired) electrons. The number of hydrogen-bond donors (Lipinski definition) is 0. The second kappa shape index (κ2) is 11.4. The lowest BCUT2D eigenvalue weighted by Crippen LogP contribution is -2.25. The topological polar surface area (TPSA) is 0 Å². The average molecular weight is 451 g/mol. The van der Waals surface area contributed by atoms with E-state index in [1.807, 2.05) is 12.1 Å². The van der Waals surface area contributed by atoms with Crippen molar-refractivity contribution in [1.82, 2.24) is 0 Å². The zero-order chi connectivity index (χ0) is 23.2. The van der Waals surface area contributed by atoms with Gasteiger partial charge in [0.2, 0.25) is 0 Å². The average Bonchev–Trinajstić information content (AvgIpc) is 2.87. The van der Waals surface area contributed by atoms with Crippen molar-refractivity contribution in [3.05, 3.63) is 71.8 Å². The molecule has 2 aromatic rings. The summed E-state index contributed by atoms with van der Waals surface area (Å²) >= 11 is 0. The molecule has 0 aliphatic heterocycles. The molecule has 2 aliphatic carbocycles. The van der Waals surface area contributed by atoms with Gasteiger partial charge in [-0.1, -0.05) is 62.2 Å². The van der Waals surface area contributed by atoms with Crippen LogP contribution in [0, 0.1) is 29.4 Å². The molecule has 0 heterocycles. The summed E-state index contributed by atoms with van der Waals surface area (Å²) < 4.78 is 29.4.